The van der Waals surface area contributed by atoms with Gasteiger partial charge >= 0.3 is 5.97 Å². The van der Waals surface area contributed by atoms with E-state index in [0.717, 1.165) is 24.8 Å². The largest absolute Gasteiger partial charge is 0.465 e. The average Bonchev–Trinajstić information content (AvgIpc) is 2.98. The lowest BCUT2D eigenvalue weighted by molar-refractivity contribution is -0.117. The lowest BCUT2D eigenvalue weighted by atomic mass is 9.63. The van der Waals surface area contributed by atoms with E-state index in [4.69, 9.17) is 4.74 Å². The van der Waals surface area contributed by atoms with Gasteiger partial charge in [-0.1, -0.05) is 37.6 Å². The van der Waals surface area contributed by atoms with Crippen LogP contribution < -0.4 is 0 Å². The van der Waals surface area contributed by atoms with Crippen molar-refractivity contribution in [2.75, 3.05) is 7.11 Å². The highest BCUT2D eigenvalue weighted by Crippen LogP contribution is 2.47. The Morgan fingerprint density at radius 3 is 2.60 bits per heavy atom. The van der Waals surface area contributed by atoms with E-state index in [0.29, 0.717) is 17.7 Å². The molecule has 1 aromatic rings. The first-order chi connectivity index (χ1) is 14.4. The summed E-state index contributed by atoms with van der Waals surface area (Å²) in [6.45, 7) is 2.13. The third kappa shape index (κ3) is 4.98. The molecule has 2 aliphatic rings. The van der Waals surface area contributed by atoms with Gasteiger partial charge in [-0.2, -0.15) is 0 Å². The Morgan fingerprint density at radius 2 is 2.03 bits per heavy atom. The van der Waals surface area contributed by atoms with Crippen LogP contribution in [0.5, 0.6) is 0 Å². The van der Waals surface area contributed by atoms with Crippen LogP contribution in [0.3, 0.4) is 0 Å². The summed E-state index contributed by atoms with van der Waals surface area (Å²) in [4.78, 5) is 24.0. The van der Waals surface area contributed by atoms with E-state index in [-0.39, 0.29) is 40.9 Å². The summed E-state index contributed by atoms with van der Waals surface area (Å²) in [7, 11) is 1.35. The van der Waals surface area contributed by atoms with Crippen LogP contribution in [0.15, 0.2) is 36.4 Å². The molecule has 0 bridgehead atoms. The molecule has 5 nitrogen and oxygen atoms in total. The van der Waals surface area contributed by atoms with Gasteiger partial charge in [0.2, 0.25) is 0 Å². The molecule has 0 aliphatic heterocycles. The van der Waals surface area contributed by atoms with Gasteiger partial charge in [0.05, 0.1) is 30.1 Å². The molecule has 2 unspecified atom stereocenters. The molecule has 3 rings (SSSR count). The van der Waals surface area contributed by atoms with Crippen LogP contribution in [0.2, 0.25) is 0 Å². The second kappa shape index (κ2) is 10.1. The van der Waals surface area contributed by atoms with E-state index >= 15 is 0 Å². The first kappa shape index (κ1) is 23.0. The SMILES string of the molecule is CCC1(C(O)C/C=C/[C@@H]2C(SCc3ccc(C(=O)OC)cc3)C(=O)C[C@H]2O)CCC1. The molecule has 0 amide bonds. The van der Waals surface area contributed by atoms with Gasteiger partial charge in [0.15, 0.2) is 0 Å². The maximum absolute atomic E-state index is 12.4. The van der Waals surface area contributed by atoms with Gasteiger partial charge in [0.1, 0.15) is 5.78 Å². The summed E-state index contributed by atoms with van der Waals surface area (Å²) in [6.07, 6.45) is 7.92. The van der Waals surface area contributed by atoms with Crippen LogP contribution in [0.4, 0.5) is 0 Å². The van der Waals surface area contributed by atoms with E-state index < -0.39 is 6.10 Å². The highest BCUT2D eigenvalue weighted by atomic mass is 32.2. The molecule has 4 atom stereocenters. The molecule has 2 N–H and O–H groups in total. The van der Waals surface area contributed by atoms with E-state index in [9.17, 15) is 19.8 Å². The predicted octanol–water partition coefficient (Wildman–Crippen LogP) is 3.91. The predicted molar refractivity (Wildman–Crippen MR) is 118 cm³/mol. The Hall–Kier alpha value is -1.63. The number of hydrogen-bond donors (Lipinski definition) is 2. The minimum atomic E-state index is -0.672. The van der Waals surface area contributed by atoms with Crippen LogP contribution in [0.1, 0.15) is 61.4 Å². The van der Waals surface area contributed by atoms with Gasteiger partial charge in [0.25, 0.3) is 0 Å². The Labute approximate surface area is 182 Å². The third-order valence-electron chi connectivity index (χ3n) is 6.80. The molecule has 2 saturated carbocycles. The number of aliphatic hydroxyl groups is 2. The molecule has 0 heterocycles. The molecule has 0 aromatic heterocycles. The fourth-order valence-corrected chi connectivity index (χ4v) is 5.86. The zero-order valence-corrected chi connectivity index (χ0v) is 18.6. The smallest absolute Gasteiger partial charge is 0.337 e. The molecular weight excluding hydrogens is 400 g/mol. The number of esters is 1. The van der Waals surface area contributed by atoms with Crippen LogP contribution in [-0.2, 0) is 15.3 Å². The molecule has 0 saturated heterocycles. The van der Waals surface area contributed by atoms with Crippen LogP contribution in [0.25, 0.3) is 0 Å². The zero-order valence-electron chi connectivity index (χ0n) is 17.8. The van der Waals surface area contributed by atoms with Crippen molar-refractivity contribution in [1.29, 1.82) is 0 Å². The van der Waals surface area contributed by atoms with Gasteiger partial charge < -0.3 is 14.9 Å². The molecular formula is C24H32O5S. The first-order valence-corrected chi connectivity index (χ1v) is 11.8. The van der Waals surface area contributed by atoms with Gasteiger partial charge in [0, 0.05) is 18.1 Å². The molecule has 30 heavy (non-hydrogen) atoms. The van der Waals surface area contributed by atoms with E-state index in [1.807, 2.05) is 24.3 Å². The molecule has 0 radical (unpaired) electrons. The minimum absolute atomic E-state index is 0.0545. The Kier molecular flexibility index (Phi) is 7.77. The van der Waals surface area contributed by atoms with Crippen LogP contribution >= 0.6 is 11.8 Å². The molecule has 2 aliphatic carbocycles. The van der Waals surface area contributed by atoms with Crippen LogP contribution in [0, 0.1) is 11.3 Å². The van der Waals surface area contributed by atoms with E-state index in [2.05, 4.69) is 6.92 Å². The number of ether oxygens (including phenoxy) is 1. The summed E-state index contributed by atoms with van der Waals surface area (Å²) in [5.74, 6) is 0.0830. The number of hydrogen-bond acceptors (Lipinski definition) is 6. The third-order valence-corrected chi connectivity index (χ3v) is 8.24. The average molecular weight is 433 g/mol. The normalized spacial score (nSPS) is 26.5. The summed E-state index contributed by atoms with van der Waals surface area (Å²) in [5.41, 5.74) is 1.56. The fraction of sp³-hybridized carbons (Fsp3) is 0.583. The van der Waals surface area contributed by atoms with Crippen molar-refractivity contribution in [3.63, 3.8) is 0 Å². The molecule has 1 aromatic carbocycles. The Balaban J connectivity index is 1.57. The second-order valence-corrected chi connectivity index (χ2v) is 9.61. The fourth-order valence-electron chi connectivity index (χ4n) is 4.52. The summed E-state index contributed by atoms with van der Waals surface area (Å²) in [5, 5.41) is 20.7. The van der Waals surface area contributed by atoms with Crippen molar-refractivity contribution in [3.8, 4) is 0 Å². The van der Waals surface area contributed by atoms with Gasteiger partial charge in [-0.05, 0) is 48.8 Å². The topological polar surface area (TPSA) is 83.8 Å². The molecule has 2 fully saturated rings. The number of carbonyl (C=O) groups is 2. The highest BCUT2D eigenvalue weighted by molar-refractivity contribution is 7.99. The summed E-state index contributed by atoms with van der Waals surface area (Å²) in [6, 6.07) is 7.16. The zero-order chi connectivity index (χ0) is 21.7. The van der Waals surface area contributed by atoms with Crippen molar-refractivity contribution < 1.29 is 24.5 Å². The van der Waals surface area contributed by atoms with Crippen molar-refractivity contribution in [2.24, 2.45) is 11.3 Å². The maximum Gasteiger partial charge on any atom is 0.337 e. The number of rotatable bonds is 9. The number of ketones is 1. The lowest BCUT2D eigenvalue weighted by Gasteiger charge is -2.45. The lowest BCUT2D eigenvalue weighted by Crippen LogP contribution is -2.40. The standard InChI is InChI=1S/C24H32O5S/c1-3-24(12-5-13-24)21(27)7-4-6-18-19(25)14-20(26)22(18)30-15-16-8-10-17(11-9-16)23(28)29-2/h4,6,8-11,18-19,21-22,25,27H,3,5,7,12-15H2,1-2H3/b6-4+/t18-,19+,21?,22?/m0/s1. The number of thioether (sulfide) groups is 1. The summed E-state index contributed by atoms with van der Waals surface area (Å²) >= 11 is 1.52. The van der Waals surface area contributed by atoms with Gasteiger partial charge in [-0.3, -0.25) is 4.79 Å². The van der Waals surface area contributed by atoms with E-state index in [1.165, 1.54) is 25.3 Å². The summed E-state index contributed by atoms with van der Waals surface area (Å²) < 4.78 is 4.71. The number of Topliss-reactive ketones (excluding diaryl/α,β-unsaturated/α-hetero) is 1. The monoisotopic (exact) mass is 432 g/mol. The second-order valence-electron chi connectivity index (χ2n) is 8.48. The quantitative estimate of drug-likeness (QED) is 0.455. The molecule has 6 heteroatoms. The molecule has 164 valence electrons. The van der Waals surface area contributed by atoms with Crippen molar-refractivity contribution >= 4 is 23.5 Å². The first-order valence-electron chi connectivity index (χ1n) is 10.7. The number of carbonyl (C=O) groups excluding carboxylic acids is 2. The number of aliphatic hydroxyl groups excluding tert-OH is 2. The van der Waals surface area contributed by atoms with Crippen molar-refractivity contribution in [2.45, 2.75) is 68.7 Å². The highest BCUT2D eigenvalue weighted by Gasteiger charge is 2.42. The maximum atomic E-state index is 12.4. The number of benzene rings is 1. The Morgan fingerprint density at radius 1 is 1.33 bits per heavy atom. The number of methoxy groups -OCH3 is 1. The van der Waals surface area contributed by atoms with Gasteiger partial charge in [-0.15, -0.1) is 11.8 Å². The van der Waals surface area contributed by atoms with Crippen molar-refractivity contribution in [3.05, 3.63) is 47.5 Å². The Bertz CT molecular complexity index is 763. The minimum Gasteiger partial charge on any atom is -0.465 e. The van der Waals surface area contributed by atoms with Crippen molar-refractivity contribution in [1.82, 2.24) is 0 Å². The van der Waals surface area contributed by atoms with Gasteiger partial charge in [-0.25, -0.2) is 4.79 Å². The van der Waals surface area contributed by atoms with Crippen LogP contribution in [-0.4, -0.2) is 46.5 Å². The molecule has 0 spiro atoms. The van der Waals surface area contributed by atoms with E-state index in [1.54, 1.807) is 12.1 Å².